The first-order valence-electron chi connectivity index (χ1n) is 10.6. The van der Waals surface area contributed by atoms with E-state index in [2.05, 4.69) is 33.0 Å². The highest BCUT2D eigenvalue weighted by Crippen LogP contribution is 2.13. The predicted octanol–water partition coefficient (Wildman–Crippen LogP) is 2.15. The number of aryl methyl sites for hydroxylation is 2. The Morgan fingerprint density at radius 3 is 2.79 bits per heavy atom. The van der Waals surface area contributed by atoms with Gasteiger partial charge in [-0.1, -0.05) is 13.3 Å². The van der Waals surface area contributed by atoms with Crippen LogP contribution in [0.4, 0.5) is 4.79 Å². The number of amides is 1. The van der Waals surface area contributed by atoms with Crippen molar-refractivity contribution in [2.24, 2.45) is 4.99 Å². The number of aliphatic imine (C=N–C) groups is 1. The van der Waals surface area contributed by atoms with Gasteiger partial charge in [0, 0.05) is 19.0 Å². The van der Waals surface area contributed by atoms with E-state index in [1.165, 1.54) is 0 Å². The zero-order valence-corrected chi connectivity index (χ0v) is 18.7. The van der Waals surface area contributed by atoms with E-state index in [9.17, 15) is 4.79 Å². The number of hydrogen-bond donors (Lipinski definition) is 3. The molecule has 0 saturated heterocycles. The van der Waals surface area contributed by atoms with E-state index in [-0.39, 0.29) is 12.1 Å². The van der Waals surface area contributed by atoms with Crippen LogP contribution in [0.5, 0.6) is 0 Å². The first-order chi connectivity index (χ1) is 13.7. The number of aromatic nitrogens is 3. The Balaban J connectivity index is 1.95. The molecule has 1 amide bonds. The van der Waals surface area contributed by atoms with Crippen LogP contribution in [-0.2, 0) is 17.7 Å². The minimum absolute atomic E-state index is 0.0683. The molecule has 0 aromatic carbocycles. The lowest BCUT2D eigenvalue weighted by Gasteiger charge is -2.26. The van der Waals surface area contributed by atoms with E-state index < -0.39 is 11.7 Å². The molecule has 2 heterocycles. The Kier molecular flexibility index (Phi) is 8.28. The van der Waals surface area contributed by atoms with Crippen LogP contribution in [0.2, 0.25) is 0 Å². The summed E-state index contributed by atoms with van der Waals surface area (Å²) in [5, 5.41) is 14.2. The summed E-state index contributed by atoms with van der Waals surface area (Å²) in [6.45, 7) is 13.7. The number of fused-ring (bicyclic) bond motifs is 1. The molecule has 0 bridgehead atoms. The van der Waals surface area contributed by atoms with E-state index in [1.54, 1.807) is 0 Å². The normalized spacial score (nSPS) is 18.0. The highest BCUT2D eigenvalue weighted by Gasteiger charge is 2.22. The van der Waals surface area contributed by atoms with Gasteiger partial charge in [-0.25, -0.2) is 14.5 Å². The van der Waals surface area contributed by atoms with Gasteiger partial charge in [-0.3, -0.25) is 4.99 Å². The van der Waals surface area contributed by atoms with Crippen LogP contribution < -0.4 is 16.0 Å². The smallest absolute Gasteiger partial charge is 0.407 e. The minimum atomic E-state index is -0.514. The Labute approximate surface area is 174 Å². The number of rotatable bonds is 7. The first-order valence-corrected chi connectivity index (χ1v) is 10.6. The standard InChI is InChI=1S/C20H37N7O2/c1-7-9-15(25-19(28)29-20(4,5)6)12-22-18(21-8-2)24-16-10-11-17-23-14(3)26-27(17)13-16/h15-16H,7-13H2,1-6H3,(H,25,28)(H2,21,22,24). The molecule has 0 radical (unpaired) electrons. The van der Waals surface area contributed by atoms with E-state index >= 15 is 0 Å². The van der Waals surface area contributed by atoms with Crippen molar-refractivity contribution < 1.29 is 9.53 Å². The summed E-state index contributed by atoms with van der Waals surface area (Å²) in [6.07, 6.45) is 3.28. The molecule has 2 rings (SSSR count). The van der Waals surface area contributed by atoms with Crippen LogP contribution in [-0.4, -0.2) is 57.6 Å². The van der Waals surface area contributed by atoms with Gasteiger partial charge in [0.05, 0.1) is 19.1 Å². The van der Waals surface area contributed by atoms with E-state index in [0.29, 0.717) is 6.54 Å². The Hall–Kier alpha value is -2.32. The van der Waals surface area contributed by atoms with Crippen molar-refractivity contribution in [2.75, 3.05) is 13.1 Å². The molecular formula is C20H37N7O2. The van der Waals surface area contributed by atoms with Crippen LogP contribution >= 0.6 is 0 Å². The molecule has 2 unspecified atom stereocenters. The van der Waals surface area contributed by atoms with Crippen molar-refractivity contribution in [2.45, 2.75) is 91.5 Å². The van der Waals surface area contributed by atoms with E-state index in [1.807, 2.05) is 39.3 Å². The molecule has 0 aliphatic carbocycles. The summed E-state index contributed by atoms with van der Waals surface area (Å²) < 4.78 is 7.36. The first kappa shape index (κ1) is 23.0. The van der Waals surface area contributed by atoms with Gasteiger partial charge in [-0.05, 0) is 47.5 Å². The zero-order chi connectivity index (χ0) is 21.4. The number of nitrogens with one attached hydrogen (secondary N) is 3. The fourth-order valence-corrected chi connectivity index (χ4v) is 3.30. The molecule has 0 fully saturated rings. The number of carbonyl (C=O) groups excluding carboxylic acids is 1. The molecule has 3 N–H and O–H groups in total. The third kappa shape index (κ3) is 7.91. The molecule has 0 spiro atoms. The molecule has 164 valence electrons. The molecule has 0 saturated carbocycles. The summed E-state index contributed by atoms with van der Waals surface area (Å²) >= 11 is 0. The Morgan fingerprint density at radius 2 is 2.14 bits per heavy atom. The van der Waals surface area contributed by atoms with Crippen molar-refractivity contribution in [3.05, 3.63) is 11.6 Å². The molecule has 1 aromatic heterocycles. The predicted molar refractivity (Wildman–Crippen MR) is 114 cm³/mol. The summed E-state index contributed by atoms with van der Waals surface area (Å²) in [4.78, 5) is 21.3. The third-order valence-corrected chi connectivity index (χ3v) is 4.48. The highest BCUT2D eigenvalue weighted by atomic mass is 16.6. The van der Waals surface area contributed by atoms with E-state index in [0.717, 1.165) is 56.4 Å². The topological polar surface area (TPSA) is 105 Å². The average Bonchev–Trinajstić information content (AvgIpc) is 2.97. The number of alkyl carbamates (subject to hydrolysis) is 1. The molecule has 9 heteroatoms. The van der Waals surface area contributed by atoms with Gasteiger partial charge in [-0.2, -0.15) is 5.10 Å². The molecule has 29 heavy (non-hydrogen) atoms. The molecule has 2 atom stereocenters. The number of nitrogens with zero attached hydrogens (tertiary/aromatic N) is 4. The average molecular weight is 408 g/mol. The lowest BCUT2D eigenvalue weighted by molar-refractivity contribution is 0.0503. The number of carbonyl (C=O) groups is 1. The van der Waals surface area contributed by atoms with Gasteiger partial charge in [0.25, 0.3) is 0 Å². The number of ether oxygens (including phenoxy) is 1. The van der Waals surface area contributed by atoms with Crippen LogP contribution in [0, 0.1) is 6.92 Å². The zero-order valence-electron chi connectivity index (χ0n) is 18.7. The lowest BCUT2D eigenvalue weighted by Crippen LogP contribution is -2.48. The van der Waals surface area contributed by atoms with Gasteiger partial charge >= 0.3 is 6.09 Å². The Morgan fingerprint density at radius 1 is 1.38 bits per heavy atom. The third-order valence-electron chi connectivity index (χ3n) is 4.48. The van der Waals surface area contributed by atoms with Crippen molar-refractivity contribution in [1.29, 1.82) is 0 Å². The largest absolute Gasteiger partial charge is 0.444 e. The Bertz CT molecular complexity index is 693. The molecule has 1 aromatic rings. The van der Waals surface area contributed by atoms with Gasteiger partial charge < -0.3 is 20.7 Å². The maximum absolute atomic E-state index is 12.1. The van der Waals surface area contributed by atoms with Crippen LogP contribution in [0.15, 0.2) is 4.99 Å². The summed E-state index contributed by atoms with van der Waals surface area (Å²) in [5.41, 5.74) is -0.514. The van der Waals surface area contributed by atoms with Gasteiger partial charge in [0.15, 0.2) is 5.96 Å². The SMILES string of the molecule is CCCC(CN=C(NCC)NC1CCc2nc(C)nn2C1)NC(=O)OC(C)(C)C. The molecular weight excluding hydrogens is 370 g/mol. The molecule has 9 nitrogen and oxygen atoms in total. The molecule has 1 aliphatic rings. The fourth-order valence-electron chi connectivity index (χ4n) is 3.30. The fraction of sp³-hybridized carbons (Fsp3) is 0.800. The second kappa shape index (κ2) is 10.5. The summed E-state index contributed by atoms with van der Waals surface area (Å²) in [7, 11) is 0. The maximum atomic E-state index is 12.1. The monoisotopic (exact) mass is 407 g/mol. The van der Waals surface area contributed by atoms with Crippen molar-refractivity contribution in [1.82, 2.24) is 30.7 Å². The lowest BCUT2D eigenvalue weighted by atomic mass is 10.1. The highest BCUT2D eigenvalue weighted by molar-refractivity contribution is 5.80. The van der Waals surface area contributed by atoms with Crippen molar-refractivity contribution >= 4 is 12.1 Å². The van der Waals surface area contributed by atoms with Crippen LogP contribution in [0.1, 0.15) is 65.5 Å². The maximum Gasteiger partial charge on any atom is 0.407 e. The second-order valence-electron chi connectivity index (χ2n) is 8.49. The quantitative estimate of drug-likeness (QED) is 0.472. The van der Waals surface area contributed by atoms with Crippen LogP contribution in [0.3, 0.4) is 0 Å². The van der Waals surface area contributed by atoms with Crippen molar-refractivity contribution in [3.8, 4) is 0 Å². The van der Waals surface area contributed by atoms with Gasteiger partial charge in [0.1, 0.15) is 17.2 Å². The van der Waals surface area contributed by atoms with Crippen molar-refractivity contribution in [3.63, 3.8) is 0 Å². The second-order valence-corrected chi connectivity index (χ2v) is 8.49. The summed E-state index contributed by atoms with van der Waals surface area (Å²) in [6, 6.07) is 0.172. The van der Waals surface area contributed by atoms with Crippen LogP contribution in [0.25, 0.3) is 0 Å². The summed E-state index contributed by atoms with van der Waals surface area (Å²) in [5.74, 6) is 2.62. The number of hydrogen-bond acceptors (Lipinski definition) is 5. The van der Waals surface area contributed by atoms with Gasteiger partial charge in [0.2, 0.25) is 0 Å². The molecule has 1 aliphatic heterocycles. The van der Waals surface area contributed by atoms with Gasteiger partial charge in [-0.15, -0.1) is 0 Å². The van der Waals surface area contributed by atoms with E-state index in [4.69, 9.17) is 9.73 Å². The minimum Gasteiger partial charge on any atom is -0.444 e. The number of guanidine groups is 1.